The summed E-state index contributed by atoms with van der Waals surface area (Å²) in [6, 6.07) is 7.76. The first kappa shape index (κ1) is 13.1. The molecular weight excluding hydrogens is 284 g/mol. The fourth-order valence-electron chi connectivity index (χ4n) is 1.19. The summed E-state index contributed by atoms with van der Waals surface area (Å²) in [5.74, 6) is 2.00. The molecule has 84 valence electrons. The molecule has 0 saturated carbocycles. The lowest BCUT2D eigenvalue weighted by Gasteiger charge is -2.06. The number of hydrogen-bond acceptors (Lipinski definition) is 3. The molecule has 0 heterocycles. The Bertz CT molecular complexity index is 398. The molecule has 0 radical (unpaired) electrons. The van der Waals surface area contributed by atoms with E-state index >= 15 is 0 Å². The molecule has 0 aliphatic rings. The van der Waals surface area contributed by atoms with Crippen LogP contribution in [-0.4, -0.2) is 18.1 Å². The van der Waals surface area contributed by atoms with Crippen molar-refractivity contribution in [3.63, 3.8) is 0 Å². The first-order chi connectivity index (χ1) is 7.76. The second-order valence-corrected chi connectivity index (χ2v) is 5.20. The zero-order chi connectivity index (χ0) is 11.8. The third-order valence-corrected chi connectivity index (χ3v) is 3.26. The van der Waals surface area contributed by atoms with E-state index in [1.54, 1.807) is 6.07 Å². The van der Waals surface area contributed by atoms with E-state index < -0.39 is 0 Å². The van der Waals surface area contributed by atoms with Gasteiger partial charge in [-0.2, -0.15) is 17.0 Å². The van der Waals surface area contributed by atoms with Crippen LogP contribution >= 0.6 is 27.7 Å². The van der Waals surface area contributed by atoms with Crippen molar-refractivity contribution >= 4 is 33.4 Å². The van der Waals surface area contributed by atoms with Gasteiger partial charge in [-0.1, -0.05) is 22.0 Å². The predicted octanol–water partition coefficient (Wildman–Crippen LogP) is 3.65. The van der Waals surface area contributed by atoms with Crippen molar-refractivity contribution in [1.29, 1.82) is 5.26 Å². The second-order valence-electron chi connectivity index (χ2n) is 3.13. The molecule has 1 N–H and O–H groups in total. The quantitative estimate of drug-likeness (QED) is 0.643. The van der Waals surface area contributed by atoms with E-state index in [1.165, 1.54) is 0 Å². The molecule has 1 aromatic rings. The van der Waals surface area contributed by atoms with Crippen LogP contribution in [0.1, 0.15) is 5.56 Å². The summed E-state index contributed by atoms with van der Waals surface area (Å²) in [5.41, 5.74) is 1.64. The highest BCUT2D eigenvalue weighted by atomic mass is 79.9. The Labute approximate surface area is 109 Å². The van der Waals surface area contributed by atoms with Crippen molar-refractivity contribution in [2.45, 2.75) is 0 Å². The van der Waals surface area contributed by atoms with E-state index in [0.717, 1.165) is 28.2 Å². The maximum atomic E-state index is 8.81. The van der Waals surface area contributed by atoms with Gasteiger partial charge in [-0.25, -0.2) is 0 Å². The smallest absolute Gasteiger partial charge is 0.0992 e. The fraction of sp³-hybridized carbons (Fsp3) is 0.250. The maximum Gasteiger partial charge on any atom is 0.0992 e. The molecule has 0 unspecified atom stereocenters. The Balaban J connectivity index is 2.45. The van der Waals surface area contributed by atoms with Gasteiger partial charge < -0.3 is 5.32 Å². The topological polar surface area (TPSA) is 35.8 Å². The molecule has 4 heteroatoms. The molecule has 1 aromatic carbocycles. The highest BCUT2D eigenvalue weighted by molar-refractivity contribution is 9.10. The van der Waals surface area contributed by atoms with Gasteiger partial charge in [-0.15, -0.1) is 6.58 Å². The van der Waals surface area contributed by atoms with Gasteiger partial charge in [-0.05, 0) is 18.2 Å². The third kappa shape index (κ3) is 4.73. The molecule has 0 amide bonds. The summed E-state index contributed by atoms with van der Waals surface area (Å²) >= 11 is 5.21. The lowest BCUT2D eigenvalue weighted by molar-refractivity contribution is 1.22. The van der Waals surface area contributed by atoms with Crippen LogP contribution in [0.25, 0.3) is 0 Å². The number of thioether (sulfide) groups is 1. The van der Waals surface area contributed by atoms with Crippen molar-refractivity contribution in [3.05, 3.63) is 40.9 Å². The maximum absolute atomic E-state index is 8.81. The summed E-state index contributed by atoms with van der Waals surface area (Å²) in [4.78, 5) is 0. The SMILES string of the molecule is C=CCSCCNc1cc(Br)cc(C#N)c1. The van der Waals surface area contributed by atoms with Crippen molar-refractivity contribution < 1.29 is 0 Å². The summed E-state index contributed by atoms with van der Waals surface area (Å²) < 4.78 is 0.924. The van der Waals surface area contributed by atoms with E-state index in [9.17, 15) is 0 Å². The minimum Gasteiger partial charge on any atom is -0.384 e. The van der Waals surface area contributed by atoms with Crippen molar-refractivity contribution in [2.75, 3.05) is 23.4 Å². The minimum absolute atomic E-state index is 0.663. The van der Waals surface area contributed by atoms with Crippen molar-refractivity contribution in [3.8, 4) is 6.07 Å². The molecule has 0 aliphatic heterocycles. The van der Waals surface area contributed by atoms with Crippen LogP contribution in [0.5, 0.6) is 0 Å². The van der Waals surface area contributed by atoms with Crippen LogP contribution in [-0.2, 0) is 0 Å². The fourth-order valence-corrected chi connectivity index (χ4v) is 2.26. The standard InChI is InChI=1S/C12H13BrN2S/c1-2-4-16-5-3-15-12-7-10(9-14)6-11(13)8-12/h2,6-8,15H,1,3-5H2. The van der Waals surface area contributed by atoms with Crippen LogP contribution in [0.4, 0.5) is 5.69 Å². The van der Waals surface area contributed by atoms with Gasteiger partial charge in [0.15, 0.2) is 0 Å². The van der Waals surface area contributed by atoms with Gasteiger partial charge in [0.25, 0.3) is 0 Å². The van der Waals surface area contributed by atoms with Gasteiger partial charge in [0.1, 0.15) is 0 Å². The summed E-state index contributed by atoms with van der Waals surface area (Å²) in [5, 5.41) is 12.1. The van der Waals surface area contributed by atoms with Crippen molar-refractivity contribution in [2.24, 2.45) is 0 Å². The molecule has 0 aromatic heterocycles. The van der Waals surface area contributed by atoms with Crippen LogP contribution < -0.4 is 5.32 Å². The normalized spacial score (nSPS) is 9.50. The number of halogens is 1. The Kier molecular flexibility index (Phi) is 6.05. The third-order valence-electron chi connectivity index (χ3n) is 1.84. The monoisotopic (exact) mass is 296 g/mol. The molecule has 16 heavy (non-hydrogen) atoms. The number of nitrogens with zero attached hydrogens (tertiary/aromatic N) is 1. The van der Waals surface area contributed by atoms with E-state index in [-0.39, 0.29) is 0 Å². The Morgan fingerprint density at radius 1 is 1.50 bits per heavy atom. The number of nitrogens with one attached hydrogen (secondary N) is 1. The molecular formula is C12H13BrN2S. The Hall–Kier alpha value is -0.920. The van der Waals surface area contributed by atoms with Crippen LogP contribution in [0.2, 0.25) is 0 Å². The van der Waals surface area contributed by atoms with Crippen LogP contribution in [0, 0.1) is 11.3 Å². The number of anilines is 1. The largest absolute Gasteiger partial charge is 0.384 e. The van der Waals surface area contributed by atoms with E-state index in [0.29, 0.717) is 5.56 Å². The minimum atomic E-state index is 0.663. The number of nitriles is 1. The van der Waals surface area contributed by atoms with Crippen LogP contribution in [0.3, 0.4) is 0 Å². The first-order valence-corrected chi connectivity index (χ1v) is 6.84. The van der Waals surface area contributed by atoms with Gasteiger partial charge in [0.05, 0.1) is 11.6 Å². The Morgan fingerprint density at radius 3 is 3.00 bits per heavy atom. The van der Waals surface area contributed by atoms with E-state index in [1.807, 2.05) is 30.0 Å². The average Bonchev–Trinajstić information content (AvgIpc) is 2.28. The molecule has 1 rings (SSSR count). The van der Waals surface area contributed by atoms with Gasteiger partial charge in [-0.3, -0.25) is 0 Å². The molecule has 0 bridgehead atoms. The zero-order valence-electron chi connectivity index (χ0n) is 8.87. The zero-order valence-corrected chi connectivity index (χ0v) is 11.3. The Morgan fingerprint density at radius 2 is 2.31 bits per heavy atom. The second kappa shape index (κ2) is 7.37. The highest BCUT2D eigenvalue weighted by Crippen LogP contribution is 2.19. The summed E-state index contributed by atoms with van der Waals surface area (Å²) in [7, 11) is 0. The van der Waals surface area contributed by atoms with E-state index in [2.05, 4.69) is 33.9 Å². The van der Waals surface area contributed by atoms with Gasteiger partial charge in [0.2, 0.25) is 0 Å². The van der Waals surface area contributed by atoms with Crippen LogP contribution in [0.15, 0.2) is 35.3 Å². The average molecular weight is 297 g/mol. The summed E-state index contributed by atoms with van der Waals surface area (Å²) in [6.45, 7) is 4.56. The molecule has 0 saturated heterocycles. The van der Waals surface area contributed by atoms with Crippen molar-refractivity contribution in [1.82, 2.24) is 0 Å². The first-order valence-electron chi connectivity index (χ1n) is 4.89. The summed E-state index contributed by atoms with van der Waals surface area (Å²) in [6.07, 6.45) is 1.90. The number of benzene rings is 1. The lowest BCUT2D eigenvalue weighted by Crippen LogP contribution is -2.04. The lowest BCUT2D eigenvalue weighted by atomic mass is 10.2. The van der Waals surface area contributed by atoms with Gasteiger partial charge >= 0.3 is 0 Å². The number of hydrogen-bond donors (Lipinski definition) is 1. The molecule has 0 atom stereocenters. The molecule has 0 spiro atoms. The predicted molar refractivity (Wildman–Crippen MR) is 74.9 cm³/mol. The van der Waals surface area contributed by atoms with Gasteiger partial charge in [0, 0.05) is 28.2 Å². The molecule has 0 fully saturated rings. The molecule has 2 nitrogen and oxygen atoms in total. The van der Waals surface area contributed by atoms with E-state index in [4.69, 9.17) is 5.26 Å². The highest BCUT2D eigenvalue weighted by Gasteiger charge is 1.98. The molecule has 0 aliphatic carbocycles. The number of rotatable bonds is 6.